The maximum absolute atomic E-state index is 12.9. The number of rotatable bonds is 5. The van der Waals surface area contributed by atoms with Crippen LogP contribution >= 0.6 is 38.6 Å². The van der Waals surface area contributed by atoms with E-state index in [-0.39, 0.29) is 47.9 Å². The van der Waals surface area contributed by atoms with Crippen molar-refractivity contribution < 1.29 is 38.1 Å². The molecule has 2 atom stereocenters. The first-order valence-electron chi connectivity index (χ1n) is 19.9. The normalized spacial score (nSPS) is 20.5. The number of halogens is 1. The van der Waals surface area contributed by atoms with Gasteiger partial charge in [0.15, 0.2) is 0 Å². The predicted molar refractivity (Wildman–Crippen MR) is 230 cm³/mol. The smallest absolute Gasteiger partial charge is 0.350 e. The number of ether oxygens (including phenoxy) is 4. The molecule has 57 heavy (non-hydrogen) atoms. The molecule has 4 aliphatic rings. The third-order valence-electron chi connectivity index (χ3n) is 9.93. The van der Waals surface area contributed by atoms with Crippen molar-refractivity contribution in [3.8, 4) is 23.7 Å². The maximum atomic E-state index is 12.9. The molecular weight excluding hydrogens is 829 g/mol. The summed E-state index contributed by atoms with van der Waals surface area (Å²) in [6.45, 7) is 13.8. The van der Waals surface area contributed by atoms with Gasteiger partial charge in [-0.25, -0.2) is 9.59 Å². The average Bonchev–Trinajstić information content (AvgIpc) is 3.79. The van der Waals surface area contributed by atoms with E-state index in [1.54, 1.807) is 4.90 Å². The molecule has 0 radical (unpaired) electrons. The summed E-state index contributed by atoms with van der Waals surface area (Å²) in [4.78, 5) is 52.2. The molecule has 0 bridgehead atoms. The van der Waals surface area contributed by atoms with Crippen molar-refractivity contribution >= 4 is 68.0 Å². The number of carbonyl (C=O) groups excluding carboxylic acids is 4. The SMILES string of the molecule is COC(=O)c1sc(C#CC(C)(C)C)cc1Br.COC(=O)c1sc(C#CC(C)(C)C)cc1N1C(=O)COC[C@H]1C1CCCCC1.O=C1COCC(C2CCCCC2)N1. The van der Waals surface area contributed by atoms with Gasteiger partial charge in [0, 0.05) is 15.3 Å². The van der Waals surface area contributed by atoms with Gasteiger partial charge in [-0.2, -0.15) is 0 Å². The first-order chi connectivity index (χ1) is 27.0. The first-order valence-corrected chi connectivity index (χ1v) is 22.3. The number of esters is 2. The molecule has 0 aromatic carbocycles. The number of nitrogens with one attached hydrogen (secondary N) is 1. The van der Waals surface area contributed by atoms with E-state index < -0.39 is 5.97 Å². The van der Waals surface area contributed by atoms with E-state index in [4.69, 9.17) is 14.2 Å². The largest absolute Gasteiger partial charge is 0.465 e. The summed E-state index contributed by atoms with van der Waals surface area (Å²) in [5.41, 5.74) is 0.440. The molecule has 4 heterocycles. The minimum Gasteiger partial charge on any atom is -0.465 e. The van der Waals surface area contributed by atoms with Gasteiger partial charge in [-0.15, -0.1) is 22.7 Å². The third-order valence-corrected chi connectivity index (χ3v) is 12.9. The van der Waals surface area contributed by atoms with Gasteiger partial charge in [-0.3, -0.25) is 9.59 Å². The molecule has 2 aromatic rings. The molecule has 10 nitrogen and oxygen atoms in total. The molecule has 2 amide bonds. The number of amides is 2. The zero-order valence-corrected chi connectivity index (χ0v) is 38.0. The highest BCUT2D eigenvalue weighted by Crippen LogP contribution is 2.38. The average molecular weight is 888 g/mol. The van der Waals surface area contributed by atoms with Crippen molar-refractivity contribution in [2.45, 2.75) is 118 Å². The lowest BCUT2D eigenvalue weighted by atomic mass is 9.83. The minimum absolute atomic E-state index is 0.0389. The van der Waals surface area contributed by atoms with Crippen molar-refractivity contribution in [3.63, 3.8) is 0 Å². The van der Waals surface area contributed by atoms with Crippen LogP contribution in [0.15, 0.2) is 16.6 Å². The predicted octanol–water partition coefficient (Wildman–Crippen LogP) is 9.02. The molecule has 13 heteroatoms. The van der Waals surface area contributed by atoms with Gasteiger partial charge in [0.25, 0.3) is 5.91 Å². The van der Waals surface area contributed by atoms with Crippen LogP contribution in [0.5, 0.6) is 0 Å². The van der Waals surface area contributed by atoms with Crippen LogP contribution in [0.4, 0.5) is 5.69 Å². The monoisotopic (exact) mass is 886 g/mol. The Hall–Kier alpha value is -3.20. The van der Waals surface area contributed by atoms with Crippen molar-refractivity contribution in [3.05, 3.63) is 36.1 Å². The van der Waals surface area contributed by atoms with Crippen LogP contribution in [0, 0.1) is 46.3 Å². The molecule has 2 aliphatic carbocycles. The molecule has 2 saturated heterocycles. The van der Waals surface area contributed by atoms with Crippen LogP contribution in [-0.4, -0.2) is 76.5 Å². The maximum Gasteiger partial charge on any atom is 0.350 e. The van der Waals surface area contributed by atoms with E-state index in [0.29, 0.717) is 39.9 Å². The lowest BCUT2D eigenvalue weighted by molar-refractivity contribution is -0.132. The quantitative estimate of drug-likeness (QED) is 0.234. The van der Waals surface area contributed by atoms with Crippen LogP contribution in [0.25, 0.3) is 0 Å². The number of hydrogen-bond acceptors (Lipinski definition) is 10. The van der Waals surface area contributed by atoms with Gasteiger partial charge in [0.2, 0.25) is 5.91 Å². The lowest BCUT2D eigenvalue weighted by Gasteiger charge is -2.41. The number of hydrogen-bond donors (Lipinski definition) is 1. The second kappa shape index (κ2) is 21.7. The van der Waals surface area contributed by atoms with Crippen LogP contribution in [0.3, 0.4) is 0 Å². The third kappa shape index (κ3) is 14.5. The molecule has 312 valence electrons. The Labute approximate surface area is 355 Å². The van der Waals surface area contributed by atoms with Crippen LogP contribution in [0.2, 0.25) is 0 Å². The number of anilines is 1. The summed E-state index contributed by atoms with van der Waals surface area (Å²) in [5, 5.41) is 3.02. The van der Waals surface area contributed by atoms with Crippen molar-refractivity contribution in [2.24, 2.45) is 22.7 Å². The summed E-state index contributed by atoms with van der Waals surface area (Å²) in [7, 11) is 2.74. The Morgan fingerprint density at radius 3 is 1.81 bits per heavy atom. The fourth-order valence-corrected chi connectivity index (χ4v) is 9.68. The van der Waals surface area contributed by atoms with Crippen LogP contribution in [-0.2, 0) is 28.5 Å². The lowest BCUT2D eigenvalue weighted by Crippen LogP contribution is -2.53. The first kappa shape index (κ1) is 46.5. The molecule has 2 aromatic heterocycles. The zero-order chi connectivity index (χ0) is 41.8. The summed E-state index contributed by atoms with van der Waals surface area (Å²) >= 11 is 5.95. The summed E-state index contributed by atoms with van der Waals surface area (Å²) in [5.74, 6) is 12.8. The molecule has 1 N–H and O–H groups in total. The van der Waals surface area contributed by atoms with Gasteiger partial charge < -0.3 is 29.2 Å². The minimum atomic E-state index is -0.425. The van der Waals surface area contributed by atoms with Crippen LogP contribution < -0.4 is 10.2 Å². The Morgan fingerprint density at radius 2 is 1.26 bits per heavy atom. The van der Waals surface area contributed by atoms with Gasteiger partial charge in [-0.05, 0) is 107 Å². The van der Waals surface area contributed by atoms with E-state index in [1.165, 1.54) is 88.3 Å². The topological polar surface area (TPSA) is 120 Å². The number of carbonyl (C=O) groups is 4. The van der Waals surface area contributed by atoms with Crippen molar-refractivity contribution in [2.75, 3.05) is 45.5 Å². The summed E-state index contributed by atoms with van der Waals surface area (Å²) < 4.78 is 21.2. The van der Waals surface area contributed by atoms with E-state index in [9.17, 15) is 19.2 Å². The van der Waals surface area contributed by atoms with Crippen LogP contribution in [0.1, 0.15) is 135 Å². The highest BCUT2D eigenvalue weighted by atomic mass is 79.9. The molecule has 1 unspecified atom stereocenters. The van der Waals surface area contributed by atoms with Gasteiger partial charge in [0.05, 0.1) is 55.0 Å². The van der Waals surface area contributed by atoms with E-state index >= 15 is 0 Å². The molecule has 2 aliphatic heterocycles. The van der Waals surface area contributed by atoms with E-state index in [1.807, 2.05) is 53.7 Å². The number of nitrogens with zero attached hydrogens (tertiary/aromatic N) is 1. The van der Waals surface area contributed by atoms with Gasteiger partial charge in [-0.1, -0.05) is 62.2 Å². The number of methoxy groups -OCH3 is 2. The Morgan fingerprint density at radius 1 is 0.754 bits per heavy atom. The molecular formula is C44H59BrN2O8S2. The Balaban J connectivity index is 0.000000209. The van der Waals surface area contributed by atoms with E-state index in [2.05, 4.69) is 49.7 Å². The fraction of sp³-hybridized carbons (Fsp3) is 0.636. The Bertz CT molecular complexity index is 1820. The summed E-state index contributed by atoms with van der Waals surface area (Å²) in [6, 6.07) is 3.97. The van der Waals surface area contributed by atoms with E-state index in [0.717, 1.165) is 33.7 Å². The number of morpholine rings is 2. The second-order valence-corrected chi connectivity index (χ2v) is 19.9. The summed E-state index contributed by atoms with van der Waals surface area (Å²) in [6.07, 6.45) is 12.3. The second-order valence-electron chi connectivity index (χ2n) is 16.9. The van der Waals surface area contributed by atoms with Crippen molar-refractivity contribution in [1.29, 1.82) is 0 Å². The van der Waals surface area contributed by atoms with Gasteiger partial charge in [0.1, 0.15) is 23.0 Å². The molecule has 4 fully saturated rings. The standard InChI is InChI=1S/C22H29NO4S.C12H13BrO2S.C10H17NO2/c1-22(2,3)11-10-16-12-17(20(28-16)21(25)26-4)23-18(13-27-14-19(23)24)15-8-6-5-7-9-15;1-12(2,3)6-5-8-7-9(13)10(16-8)11(14)15-4;12-10-7-13-6-9(11-10)8-4-2-1-3-5-8/h12,15,18H,5-9,13-14H2,1-4H3;7H,1-4H3;8-9H,1-7H2,(H,11,12)/t18-;;/m0../s1. The zero-order valence-electron chi connectivity index (χ0n) is 34.8. The fourth-order valence-electron chi connectivity index (χ4n) is 7.16. The Kier molecular flexibility index (Phi) is 17.7. The molecule has 0 spiro atoms. The van der Waals surface area contributed by atoms with Gasteiger partial charge >= 0.3 is 11.9 Å². The highest BCUT2D eigenvalue weighted by molar-refractivity contribution is 9.10. The number of thiophene rings is 2. The highest BCUT2D eigenvalue weighted by Gasteiger charge is 2.39. The molecule has 6 rings (SSSR count). The van der Waals surface area contributed by atoms with Crippen molar-refractivity contribution in [1.82, 2.24) is 5.32 Å². The molecule has 2 saturated carbocycles.